The second-order valence-corrected chi connectivity index (χ2v) is 3.32. The van der Waals surface area contributed by atoms with Crippen molar-refractivity contribution in [3.05, 3.63) is 29.6 Å². The number of pyridine rings is 1. The molecule has 0 bridgehead atoms. The molecular formula is C10H16N2. The molecule has 0 fully saturated rings. The highest BCUT2D eigenvalue weighted by molar-refractivity contribution is 5.21. The van der Waals surface area contributed by atoms with Crippen LogP contribution in [0.25, 0.3) is 0 Å². The first-order valence-electron chi connectivity index (χ1n) is 4.35. The Morgan fingerprint density at radius 2 is 2.33 bits per heavy atom. The van der Waals surface area contributed by atoms with Gasteiger partial charge in [0.1, 0.15) is 0 Å². The standard InChI is InChI=1S/C10H16N2/c1-8-7-12-6-5-10(8)4-3-9(2)11/h5-7,9H,3-4,11H2,1-2H3/t9-/m1/s1. The topological polar surface area (TPSA) is 38.9 Å². The highest BCUT2D eigenvalue weighted by Crippen LogP contribution is 2.08. The fourth-order valence-electron chi connectivity index (χ4n) is 1.17. The molecule has 66 valence electrons. The number of hydrogen-bond donors (Lipinski definition) is 1. The van der Waals surface area contributed by atoms with Gasteiger partial charge in [-0.25, -0.2) is 0 Å². The van der Waals surface area contributed by atoms with Crippen molar-refractivity contribution in [2.75, 3.05) is 0 Å². The van der Waals surface area contributed by atoms with Gasteiger partial charge >= 0.3 is 0 Å². The van der Waals surface area contributed by atoms with Crippen LogP contribution in [0.4, 0.5) is 0 Å². The maximum absolute atomic E-state index is 5.67. The highest BCUT2D eigenvalue weighted by Gasteiger charge is 1.99. The SMILES string of the molecule is Cc1cnccc1CC[C@@H](C)N. The van der Waals surface area contributed by atoms with Crippen molar-refractivity contribution < 1.29 is 0 Å². The molecule has 0 aliphatic heterocycles. The molecule has 0 spiro atoms. The van der Waals surface area contributed by atoms with Crippen LogP contribution in [-0.4, -0.2) is 11.0 Å². The first kappa shape index (κ1) is 9.20. The monoisotopic (exact) mass is 164 g/mol. The van der Waals surface area contributed by atoms with Crippen molar-refractivity contribution in [1.29, 1.82) is 0 Å². The Morgan fingerprint density at radius 3 is 2.92 bits per heavy atom. The van der Waals surface area contributed by atoms with E-state index >= 15 is 0 Å². The van der Waals surface area contributed by atoms with E-state index in [2.05, 4.69) is 18.0 Å². The predicted octanol–water partition coefficient (Wildman–Crippen LogP) is 1.67. The molecular weight excluding hydrogens is 148 g/mol. The summed E-state index contributed by atoms with van der Waals surface area (Å²) in [6.07, 6.45) is 5.84. The van der Waals surface area contributed by atoms with Gasteiger partial charge in [-0.3, -0.25) is 4.98 Å². The Hall–Kier alpha value is -0.890. The molecule has 12 heavy (non-hydrogen) atoms. The van der Waals surface area contributed by atoms with Crippen LogP contribution in [0.15, 0.2) is 18.5 Å². The minimum absolute atomic E-state index is 0.289. The maximum Gasteiger partial charge on any atom is 0.0299 e. The second kappa shape index (κ2) is 4.21. The van der Waals surface area contributed by atoms with Crippen molar-refractivity contribution in [3.63, 3.8) is 0 Å². The number of nitrogens with two attached hydrogens (primary N) is 1. The Labute approximate surface area is 73.8 Å². The average molecular weight is 164 g/mol. The summed E-state index contributed by atoms with van der Waals surface area (Å²) in [6.45, 7) is 4.13. The van der Waals surface area contributed by atoms with Gasteiger partial charge in [0, 0.05) is 18.4 Å². The normalized spacial score (nSPS) is 12.9. The van der Waals surface area contributed by atoms with Crippen molar-refractivity contribution in [1.82, 2.24) is 4.98 Å². The number of aryl methyl sites for hydroxylation is 2. The zero-order valence-electron chi connectivity index (χ0n) is 7.75. The summed E-state index contributed by atoms with van der Waals surface area (Å²) in [5.41, 5.74) is 8.30. The molecule has 0 saturated heterocycles. The first-order chi connectivity index (χ1) is 5.70. The van der Waals surface area contributed by atoms with E-state index in [9.17, 15) is 0 Å². The van der Waals surface area contributed by atoms with Gasteiger partial charge in [0.2, 0.25) is 0 Å². The number of rotatable bonds is 3. The molecule has 0 amide bonds. The Bertz CT molecular complexity index is 243. The van der Waals surface area contributed by atoms with Gasteiger partial charge in [0.15, 0.2) is 0 Å². The van der Waals surface area contributed by atoms with Crippen molar-refractivity contribution in [2.24, 2.45) is 5.73 Å². The summed E-state index contributed by atoms with van der Waals surface area (Å²) in [5, 5.41) is 0. The molecule has 2 N–H and O–H groups in total. The Kier molecular flexibility index (Phi) is 3.23. The van der Waals surface area contributed by atoms with Crippen LogP contribution in [0.5, 0.6) is 0 Å². The van der Waals surface area contributed by atoms with Crippen molar-refractivity contribution in [2.45, 2.75) is 32.7 Å². The van der Waals surface area contributed by atoms with Crippen LogP contribution < -0.4 is 5.73 Å². The quantitative estimate of drug-likeness (QED) is 0.738. The Balaban J connectivity index is 2.57. The van der Waals surface area contributed by atoms with Gasteiger partial charge in [0.05, 0.1) is 0 Å². The fourth-order valence-corrected chi connectivity index (χ4v) is 1.17. The molecule has 0 saturated carbocycles. The molecule has 0 radical (unpaired) electrons. The van der Waals surface area contributed by atoms with Crippen LogP contribution in [-0.2, 0) is 6.42 Å². The molecule has 0 aliphatic rings. The molecule has 2 nitrogen and oxygen atoms in total. The Morgan fingerprint density at radius 1 is 1.58 bits per heavy atom. The summed E-state index contributed by atoms with van der Waals surface area (Å²) in [5.74, 6) is 0. The van der Waals surface area contributed by atoms with Gasteiger partial charge in [-0.1, -0.05) is 0 Å². The third-order valence-corrected chi connectivity index (χ3v) is 2.01. The van der Waals surface area contributed by atoms with Crippen molar-refractivity contribution in [3.8, 4) is 0 Å². The van der Waals surface area contributed by atoms with E-state index in [-0.39, 0.29) is 6.04 Å². The van der Waals surface area contributed by atoms with E-state index in [0.29, 0.717) is 0 Å². The molecule has 0 unspecified atom stereocenters. The summed E-state index contributed by atoms with van der Waals surface area (Å²) in [4.78, 5) is 4.04. The summed E-state index contributed by atoms with van der Waals surface area (Å²) < 4.78 is 0. The zero-order valence-corrected chi connectivity index (χ0v) is 7.75. The average Bonchev–Trinajstić information content (AvgIpc) is 2.03. The van der Waals surface area contributed by atoms with Crippen LogP contribution in [0.1, 0.15) is 24.5 Å². The molecule has 1 aromatic heterocycles. The molecule has 1 aromatic rings. The van der Waals surface area contributed by atoms with E-state index in [0.717, 1.165) is 12.8 Å². The van der Waals surface area contributed by atoms with E-state index in [4.69, 9.17) is 5.73 Å². The van der Waals surface area contributed by atoms with Gasteiger partial charge in [-0.2, -0.15) is 0 Å². The highest BCUT2D eigenvalue weighted by atomic mass is 14.6. The van der Waals surface area contributed by atoms with Gasteiger partial charge in [-0.05, 0) is 43.9 Å². The van der Waals surface area contributed by atoms with Crippen molar-refractivity contribution >= 4 is 0 Å². The van der Waals surface area contributed by atoms with E-state index < -0.39 is 0 Å². The van der Waals surface area contributed by atoms with E-state index in [1.807, 2.05) is 19.3 Å². The lowest BCUT2D eigenvalue weighted by atomic mass is 10.0. The largest absolute Gasteiger partial charge is 0.328 e. The molecule has 1 rings (SSSR count). The summed E-state index contributed by atoms with van der Waals surface area (Å²) >= 11 is 0. The lowest BCUT2D eigenvalue weighted by Gasteiger charge is -2.06. The molecule has 1 atom stereocenters. The van der Waals surface area contributed by atoms with E-state index in [1.165, 1.54) is 11.1 Å². The van der Waals surface area contributed by atoms with E-state index in [1.54, 1.807) is 0 Å². The fraction of sp³-hybridized carbons (Fsp3) is 0.500. The smallest absolute Gasteiger partial charge is 0.0299 e. The third kappa shape index (κ3) is 2.62. The van der Waals surface area contributed by atoms with Crippen LogP contribution in [0.3, 0.4) is 0 Å². The van der Waals surface area contributed by atoms with Gasteiger partial charge in [0.25, 0.3) is 0 Å². The van der Waals surface area contributed by atoms with Gasteiger partial charge in [-0.15, -0.1) is 0 Å². The minimum atomic E-state index is 0.289. The van der Waals surface area contributed by atoms with Crippen LogP contribution in [0, 0.1) is 6.92 Å². The summed E-state index contributed by atoms with van der Waals surface area (Å²) in [7, 11) is 0. The number of aromatic nitrogens is 1. The van der Waals surface area contributed by atoms with Crippen LogP contribution >= 0.6 is 0 Å². The lowest BCUT2D eigenvalue weighted by molar-refractivity contribution is 0.664. The number of nitrogens with zero attached hydrogens (tertiary/aromatic N) is 1. The minimum Gasteiger partial charge on any atom is -0.328 e. The maximum atomic E-state index is 5.67. The van der Waals surface area contributed by atoms with Gasteiger partial charge < -0.3 is 5.73 Å². The third-order valence-electron chi connectivity index (χ3n) is 2.01. The first-order valence-corrected chi connectivity index (χ1v) is 4.35. The number of hydrogen-bond acceptors (Lipinski definition) is 2. The lowest BCUT2D eigenvalue weighted by Crippen LogP contribution is -2.15. The second-order valence-electron chi connectivity index (χ2n) is 3.32. The molecule has 0 aromatic carbocycles. The van der Waals surface area contributed by atoms with Crippen LogP contribution in [0.2, 0.25) is 0 Å². The molecule has 1 heterocycles. The predicted molar refractivity (Wildman–Crippen MR) is 50.9 cm³/mol. The summed E-state index contributed by atoms with van der Waals surface area (Å²) in [6, 6.07) is 2.36. The molecule has 0 aliphatic carbocycles. The molecule has 2 heteroatoms. The zero-order chi connectivity index (χ0) is 8.97.